The van der Waals surface area contributed by atoms with Gasteiger partial charge in [-0.15, -0.1) is 0 Å². The summed E-state index contributed by atoms with van der Waals surface area (Å²) in [5.41, 5.74) is 2.18. The number of aliphatic hydroxyl groups is 1. The second kappa shape index (κ2) is 7.67. The number of likely N-dealkylation sites (tertiary alicyclic amines) is 1. The Balaban J connectivity index is 1.52. The fourth-order valence-electron chi connectivity index (χ4n) is 3.17. The number of hydrogen-bond acceptors (Lipinski definition) is 4. The van der Waals surface area contributed by atoms with E-state index in [2.05, 4.69) is 32.8 Å². The molecular formula is C18H25N5O2. The Bertz CT molecular complexity index is 696. The summed E-state index contributed by atoms with van der Waals surface area (Å²) < 4.78 is 1.71. The van der Waals surface area contributed by atoms with Gasteiger partial charge >= 0.3 is 6.03 Å². The van der Waals surface area contributed by atoms with Gasteiger partial charge in [-0.2, -0.15) is 5.10 Å². The lowest BCUT2D eigenvalue weighted by molar-refractivity contribution is 0.172. The molecule has 1 aromatic carbocycles. The molecule has 134 valence electrons. The minimum atomic E-state index is -0.350. The van der Waals surface area contributed by atoms with Gasteiger partial charge in [0.25, 0.3) is 0 Å². The number of aliphatic hydroxyl groups excluding tert-OH is 1. The maximum Gasteiger partial charge on any atom is 0.320 e. The maximum atomic E-state index is 12.1. The zero-order valence-electron chi connectivity index (χ0n) is 14.6. The third kappa shape index (κ3) is 4.58. The summed E-state index contributed by atoms with van der Waals surface area (Å²) in [5, 5.41) is 19.8. The van der Waals surface area contributed by atoms with Crippen LogP contribution in [0.2, 0.25) is 0 Å². The molecule has 1 saturated heterocycles. The predicted octanol–water partition coefficient (Wildman–Crippen LogP) is 1.49. The Kier molecular flexibility index (Phi) is 5.35. The van der Waals surface area contributed by atoms with Gasteiger partial charge in [0.1, 0.15) is 0 Å². The van der Waals surface area contributed by atoms with E-state index in [4.69, 9.17) is 0 Å². The van der Waals surface area contributed by atoms with Gasteiger partial charge in [0.05, 0.1) is 6.10 Å². The number of nitrogens with one attached hydrogen (secondary N) is 2. The fraction of sp³-hybridized carbons (Fsp3) is 0.444. The van der Waals surface area contributed by atoms with Crippen LogP contribution in [0.1, 0.15) is 17.7 Å². The largest absolute Gasteiger partial charge is 0.392 e. The Hall–Kier alpha value is -2.38. The zero-order chi connectivity index (χ0) is 17.8. The molecule has 25 heavy (non-hydrogen) atoms. The molecule has 0 radical (unpaired) electrons. The van der Waals surface area contributed by atoms with Crippen molar-refractivity contribution in [2.24, 2.45) is 7.05 Å². The summed E-state index contributed by atoms with van der Waals surface area (Å²) in [6, 6.07) is 11.8. The van der Waals surface area contributed by atoms with Gasteiger partial charge in [-0.3, -0.25) is 14.9 Å². The quantitative estimate of drug-likeness (QED) is 0.768. The smallest absolute Gasteiger partial charge is 0.320 e. The Morgan fingerprint density at radius 3 is 2.80 bits per heavy atom. The number of rotatable bonds is 5. The maximum absolute atomic E-state index is 12.1. The van der Waals surface area contributed by atoms with Gasteiger partial charge in [0.15, 0.2) is 5.82 Å². The number of β-amino-alcohol motifs (C(OH)–C–C–N with tert-alkyl or cyclic N) is 1. The van der Waals surface area contributed by atoms with Crippen molar-refractivity contribution in [1.29, 1.82) is 0 Å². The minimum absolute atomic E-state index is 0.117. The summed E-state index contributed by atoms with van der Waals surface area (Å²) in [6.45, 7) is 3.81. The van der Waals surface area contributed by atoms with Crippen LogP contribution < -0.4 is 10.6 Å². The molecule has 0 spiro atoms. The van der Waals surface area contributed by atoms with Crippen LogP contribution in [0.5, 0.6) is 0 Å². The van der Waals surface area contributed by atoms with Crippen LogP contribution >= 0.6 is 0 Å². The molecule has 2 unspecified atom stereocenters. The van der Waals surface area contributed by atoms with E-state index in [1.54, 1.807) is 4.68 Å². The molecule has 1 aromatic heterocycles. The number of hydrogen-bond donors (Lipinski definition) is 3. The van der Waals surface area contributed by atoms with Crippen molar-refractivity contribution in [3.63, 3.8) is 0 Å². The number of amides is 2. The molecule has 0 aliphatic carbocycles. The van der Waals surface area contributed by atoms with E-state index in [0.717, 1.165) is 12.2 Å². The number of carbonyl (C=O) groups is 1. The van der Waals surface area contributed by atoms with E-state index in [1.807, 2.05) is 38.2 Å². The molecule has 3 N–H and O–H groups in total. The van der Waals surface area contributed by atoms with Crippen molar-refractivity contribution in [3.05, 3.63) is 47.7 Å². The highest BCUT2D eigenvalue weighted by Crippen LogP contribution is 2.20. The van der Waals surface area contributed by atoms with Gasteiger partial charge in [-0.25, -0.2) is 4.79 Å². The first-order valence-electron chi connectivity index (χ1n) is 8.53. The summed E-state index contributed by atoms with van der Waals surface area (Å²) in [6.07, 6.45) is 0.313. The number of benzene rings is 1. The molecule has 0 saturated carbocycles. The van der Waals surface area contributed by atoms with Crippen LogP contribution in [0.3, 0.4) is 0 Å². The second-order valence-corrected chi connectivity index (χ2v) is 6.59. The van der Waals surface area contributed by atoms with Crippen molar-refractivity contribution in [1.82, 2.24) is 20.0 Å². The molecule has 7 heteroatoms. The number of anilines is 1. The zero-order valence-corrected chi connectivity index (χ0v) is 14.6. The van der Waals surface area contributed by atoms with Gasteiger partial charge in [0.2, 0.25) is 0 Å². The Morgan fingerprint density at radius 2 is 2.12 bits per heavy atom. The Morgan fingerprint density at radius 1 is 1.36 bits per heavy atom. The van der Waals surface area contributed by atoms with Crippen molar-refractivity contribution in [2.45, 2.75) is 32.0 Å². The molecule has 0 bridgehead atoms. The summed E-state index contributed by atoms with van der Waals surface area (Å²) in [4.78, 5) is 14.3. The molecule has 2 atom stereocenters. The highest BCUT2D eigenvalue weighted by molar-refractivity contribution is 5.88. The lowest BCUT2D eigenvalue weighted by Gasteiger charge is -2.24. The van der Waals surface area contributed by atoms with Crippen LogP contribution in [0.15, 0.2) is 36.4 Å². The fourth-order valence-corrected chi connectivity index (χ4v) is 3.17. The van der Waals surface area contributed by atoms with Gasteiger partial charge < -0.3 is 10.4 Å². The normalized spacial score (nSPS) is 20.6. The first-order chi connectivity index (χ1) is 12.0. The van der Waals surface area contributed by atoms with E-state index in [0.29, 0.717) is 25.3 Å². The number of urea groups is 1. The third-order valence-electron chi connectivity index (χ3n) is 4.59. The van der Waals surface area contributed by atoms with E-state index < -0.39 is 0 Å². The van der Waals surface area contributed by atoms with E-state index >= 15 is 0 Å². The number of aromatic nitrogens is 2. The number of aryl methyl sites for hydroxylation is 2. The monoisotopic (exact) mass is 343 g/mol. The average Bonchev–Trinajstić information content (AvgIpc) is 3.08. The second-order valence-electron chi connectivity index (χ2n) is 6.59. The van der Waals surface area contributed by atoms with Crippen LogP contribution in [0.4, 0.5) is 10.6 Å². The SMILES string of the molecule is Cc1cc(NC(=O)NCC2CC(O)CN2Cc2ccccc2)nn1C. The third-order valence-corrected chi connectivity index (χ3v) is 4.59. The molecule has 3 rings (SSSR count). The molecule has 2 aromatic rings. The number of nitrogens with zero attached hydrogens (tertiary/aromatic N) is 3. The molecule has 1 fully saturated rings. The van der Waals surface area contributed by atoms with Gasteiger partial charge in [-0.05, 0) is 18.9 Å². The predicted molar refractivity (Wildman–Crippen MR) is 96.2 cm³/mol. The number of carbonyl (C=O) groups excluding carboxylic acids is 1. The van der Waals surface area contributed by atoms with Crippen LogP contribution in [0.25, 0.3) is 0 Å². The van der Waals surface area contributed by atoms with Gasteiger partial charge in [-0.1, -0.05) is 30.3 Å². The van der Waals surface area contributed by atoms with Crippen LogP contribution in [-0.2, 0) is 13.6 Å². The molecule has 1 aliphatic heterocycles. The van der Waals surface area contributed by atoms with Crippen molar-refractivity contribution < 1.29 is 9.90 Å². The first-order valence-corrected chi connectivity index (χ1v) is 8.53. The summed E-state index contributed by atoms with van der Waals surface area (Å²) >= 11 is 0. The van der Waals surface area contributed by atoms with E-state index in [1.165, 1.54) is 5.56 Å². The van der Waals surface area contributed by atoms with Crippen molar-refractivity contribution >= 4 is 11.8 Å². The molecule has 2 heterocycles. The minimum Gasteiger partial charge on any atom is -0.392 e. The molecule has 7 nitrogen and oxygen atoms in total. The topological polar surface area (TPSA) is 82.4 Å². The molecular weight excluding hydrogens is 318 g/mol. The van der Waals surface area contributed by atoms with Crippen LogP contribution in [0, 0.1) is 6.92 Å². The standard InChI is InChI=1S/C18H25N5O2/c1-13-8-17(21-22(13)2)20-18(25)19-10-15-9-16(24)12-23(15)11-14-6-4-3-5-7-14/h3-8,15-16,24H,9-12H2,1-2H3,(H2,19,20,21,25). The summed E-state index contributed by atoms with van der Waals surface area (Å²) in [7, 11) is 1.83. The molecule has 2 amide bonds. The van der Waals surface area contributed by atoms with Gasteiger partial charge in [0, 0.05) is 44.5 Å². The lowest BCUT2D eigenvalue weighted by Crippen LogP contribution is -2.41. The van der Waals surface area contributed by atoms with Crippen molar-refractivity contribution in [3.8, 4) is 0 Å². The average molecular weight is 343 g/mol. The molecule has 1 aliphatic rings. The Labute approximate surface area is 147 Å². The van der Waals surface area contributed by atoms with E-state index in [-0.39, 0.29) is 18.2 Å². The summed E-state index contributed by atoms with van der Waals surface area (Å²) in [5.74, 6) is 0.532. The van der Waals surface area contributed by atoms with E-state index in [9.17, 15) is 9.90 Å². The van der Waals surface area contributed by atoms with Crippen LogP contribution in [-0.4, -0.2) is 51.1 Å². The lowest BCUT2D eigenvalue weighted by atomic mass is 10.1. The highest BCUT2D eigenvalue weighted by atomic mass is 16.3. The highest BCUT2D eigenvalue weighted by Gasteiger charge is 2.30. The van der Waals surface area contributed by atoms with Crippen molar-refractivity contribution in [2.75, 3.05) is 18.4 Å². The first kappa shape index (κ1) is 17.4.